The highest BCUT2D eigenvalue weighted by Crippen LogP contribution is 2.13. The predicted octanol–water partition coefficient (Wildman–Crippen LogP) is 2.02. The third-order valence-electron chi connectivity index (χ3n) is 3.36. The molecule has 3 nitrogen and oxygen atoms in total. The number of nitrogens with zero attached hydrogens (tertiary/aromatic N) is 1. The molecule has 1 N–H and O–H groups in total. The van der Waals surface area contributed by atoms with Crippen LogP contribution in [-0.4, -0.2) is 36.5 Å². The molecule has 0 bridgehead atoms. The number of rotatable bonds is 5. The van der Waals surface area contributed by atoms with Crippen molar-refractivity contribution >= 4 is 5.91 Å². The van der Waals surface area contributed by atoms with Crippen molar-refractivity contribution in [3.8, 4) is 0 Å². The molecule has 1 unspecified atom stereocenters. The van der Waals surface area contributed by atoms with Gasteiger partial charge in [-0.15, -0.1) is 0 Å². The molecule has 1 aliphatic rings. The Labute approximate surface area is 99.6 Å². The van der Waals surface area contributed by atoms with Gasteiger partial charge in [0.1, 0.15) is 0 Å². The molecular formula is C13H26N2O. The summed E-state index contributed by atoms with van der Waals surface area (Å²) in [6.07, 6.45) is 4.19. The number of carbonyl (C=O) groups excluding carboxylic acids is 1. The first-order valence-corrected chi connectivity index (χ1v) is 6.66. The summed E-state index contributed by atoms with van der Waals surface area (Å²) in [5.74, 6) is 0.928. The summed E-state index contributed by atoms with van der Waals surface area (Å²) in [6, 6.07) is 0.437. The predicted molar refractivity (Wildman–Crippen MR) is 67.4 cm³/mol. The van der Waals surface area contributed by atoms with Crippen molar-refractivity contribution in [2.75, 3.05) is 19.6 Å². The van der Waals surface area contributed by atoms with Crippen LogP contribution in [-0.2, 0) is 4.79 Å². The van der Waals surface area contributed by atoms with Crippen LogP contribution in [0.25, 0.3) is 0 Å². The van der Waals surface area contributed by atoms with Gasteiger partial charge in [0.05, 0.1) is 0 Å². The normalized spacial score (nSPS) is 20.0. The van der Waals surface area contributed by atoms with E-state index in [1.54, 1.807) is 0 Å². The van der Waals surface area contributed by atoms with E-state index in [9.17, 15) is 4.79 Å². The molecule has 1 amide bonds. The number of amides is 1. The lowest BCUT2D eigenvalue weighted by molar-refractivity contribution is -0.131. The van der Waals surface area contributed by atoms with Gasteiger partial charge in [-0.1, -0.05) is 27.2 Å². The monoisotopic (exact) mass is 226 g/mol. The van der Waals surface area contributed by atoms with Crippen molar-refractivity contribution in [2.24, 2.45) is 5.92 Å². The Bertz CT molecular complexity index is 216. The van der Waals surface area contributed by atoms with Gasteiger partial charge in [-0.3, -0.25) is 4.79 Å². The zero-order valence-electron chi connectivity index (χ0n) is 11.0. The average Bonchev–Trinajstić information content (AvgIpc) is 2.43. The van der Waals surface area contributed by atoms with E-state index in [2.05, 4.69) is 31.0 Å². The van der Waals surface area contributed by atoms with Crippen LogP contribution in [0.15, 0.2) is 0 Å². The topological polar surface area (TPSA) is 32.3 Å². The molecular weight excluding hydrogens is 200 g/mol. The van der Waals surface area contributed by atoms with Gasteiger partial charge < -0.3 is 10.2 Å². The van der Waals surface area contributed by atoms with E-state index < -0.39 is 0 Å². The van der Waals surface area contributed by atoms with Crippen molar-refractivity contribution in [2.45, 2.75) is 52.5 Å². The summed E-state index contributed by atoms with van der Waals surface area (Å²) in [5.41, 5.74) is 0. The lowest BCUT2D eigenvalue weighted by atomic mass is 10.0. The van der Waals surface area contributed by atoms with Crippen LogP contribution < -0.4 is 5.32 Å². The second-order valence-corrected chi connectivity index (χ2v) is 5.06. The fourth-order valence-electron chi connectivity index (χ4n) is 2.24. The highest BCUT2D eigenvalue weighted by Gasteiger charge is 2.21. The van der Waals surface area contributed by atoms with E-state index in [0.29, 0.717) is 17.9 Å². The van der Waals surface area contributed by atoms with Crippen LogP contribution in [0.5, 0.6) is 0 Å². The lowest BCUT2D eigenvalue weighted by Gasteiger charge is -2.29. The fraction of sp³-hybridized carbons (Fsp3) is 0.923. The molecule has 0 spiro atoms. The van der Waals surface area contributed by atoms with Crippen LogP contribution in [0.2, 0.25) is 0 Å². The number of likely N-dealkylation sites (N-methyl/N-ethyl adjacent to an activating group) is 1. The number of carbonyl (C=O) groups is 1. The standard InChI is InChI=1S/C13H26N2O/c1-4-14-12(11(2)3)10-15-9-7-5-6-8-13(15)16/h11-12,14H,4-10H2,1-3H3. The second kappa shape index (κ2) is 6.89. The summed E-state index contributed by atoms with van der Waals surface area (Å²) < 4.78 is 0. The van der Waals surface area contributed by atoms with Gasteiger partial charge >= 0.3 is 0 Å². The molecule has 16 heavy (non-hydrogen) atoms. The van der Waals surface area contributed by atoms with Crippen molar-refractivity contribution < 1.29 is 4.79 Å². The average molecular weight is 226 g/mol. The van der Waals surface area contributed by atoms with Gasteiger partial charge in [-0.2, -0.15) is 0 Å². The number of likely N-dealkylation sites (tertiary alicyclic amines) is 1. The van der Waals surface area contributed by atoms with Gasteiger partial charge in [-0.05, 0) is 25.3 Å². The molecule has 0 aromatic heterocycles. The van der Waals surface area contributed by atoms with Crippen molar-refractivity contribution in [1.29, 1.82) is 0 Å². The number of hydrogen-bond donors (Lipinski definition) is 1. The molecule has 1 fully saturated rings. The Kier molecular flexibility index (Phi) is 5.81. The van der Waals surface area contributed by atoms with E-state index in [1.807, 2.05) is 0 Å². The maximum absolute atomic E-state index is 11.9. The minimum atomic E-state index is 0.348. The van der Waals surface area contributed by atoms with E-state index >= 15 is 0 Å². The highest BCUT2D eigenvalue weighted by molar-refractivity contribution is 5.76. The zero-order chi connectivity index (χ0) is 12.0. The second-order valence-electron chi connectivity index (χ2n) is 5.06. The lowest BCUT2D eigenvalue weighted by Crippen LogP contribution is -2.46. The van der Waals surface area contributed by atoms with Crippen LogP contribution in [0.3, 0.4) is 0 Å². The van der Waals surface area contributed by atoms with Gasteiger partial charge in [-0.25, -0.2) is 0 Å². The molecule has 94 valence electrons. The minimum absolute atomic E-state index is 0.348. The smallest absolute Gasteiger partial charge is 0.222 e. The Morgan fingerprint density at radius 1 is 1.31 bits per heavy atom. The molecule has 1 saturated heterocycles. The van der Waals surface area contributed by atoms with Crippen molar-refractivity contribution in [1.82, 2.24) is 10.2 Å². The summed E-state index contributed by atoms with van der Waals surface area (Å²) in [6.45, 7) is 9.37. The van der Waals surface area contributed by atoms with Gasteiger partial charge in [0, 0.05) is 25.6 Å². The maximum atomic E-state index is 11.9. The third-order valence-corrected chi connectivity index (χ3v) is 3.36. The zero-order valence-corrected chi connectivity index (χ0v) is 11.0. The Morgan fingerprint density at radius 2 is 2.06 bits per heavy atom. The molecule has 0 aromatic carbocycles. The molecule has 1 rings (SSSR count). The van der Waals surface area contributed by atoms with Crippen LogP contribution in [0, 0.1) is 5.92 Å². The van der Waals surface area contributed by atoms with Gasteiger partial charge in [0.15, 0.2) is 0 Å². The largest absolute Gasteiger partial charge is 0.341 e. The maximum Gasteiger partial charge on any atom is 0.222 e. The quantitative estimate of drug-likeness (QED) is 0.778. The van der Waals surface area contributed by atoms with E-state index in [4.69, 9.17) is 0 Å². The minimum Gasteiger partial charge on any atom is -0.341 e. The molecule has 0 aromatic rings. The van der Waals surface area contributed by atoms with E-state index in [0.717, 1.165) is 32.5 Å². The fourth-order valence-corrected chi connectivity index (χ4v) is 2.24. The Hall–Kier alpha value is -0.570. The van der Waals surface area contributed by atoms with Gasteiger partial charge in [0.2, 0.25) is 5.91 Å². The molecule has 0 radical (unpaired) electrons. The van der Waals surface area contributed by atoms with Crippen LogP contribution in [0.1, 0.15) is 46.5 Å². The van der Waals surface area contributed by atoms with Crippen LogP contribution in [0.4, 0.5) is 0 Å². The molecule has 1 atom stereocenters. The summed E-state index contributed by atoms with van der Waals surface area (Å²) in [5, 5.41) is 3.48. The third kappa shape index (κ3) is 4.12. The molecule has 1 heterocycles. The summed E-state index contributed by atoms with van der Waals surface area (Å²) in [7, 11) is 0. The first-order valence-electron chi connectivity index (χ1n) is 6.66. The molecule has 0 aliphatic carbocycles. The van der Waals surface area contributed by atoms with Crippen molar-refractivity contribution in [3.63, 3.8) is 0 Å². The molecule has 3 heteroatoms. The first-order chi connectivity index (χ1) is 7.65. The van der Waals surface area contributed by atoms with Crippen LogP contribution >= 0.6 is 0 Å². The highest BCUT2D eigenvalue weighted by atomic mass is 16.2. The molecule has 0 saturated carbocycles. The van der Waals surface area contributed by atoms with E-state index in [-0.39, 0.29) is 0 Å². The molecule has 1 aliphatic heterocycles. The first kappa shape index (κ1) is 13.5. The number of nitrogens with one attached hydrogen (secondary N) is 1. The van der Waals surface area contributed by atoms with E-state index in [1.165, 1.54) is 12.8 Å². The van der Waals surface area contributed by atoms with Crippen molar-refractivity contribution in [3.05, 3.63) is 0 Å². The number of hydrogen-bond acceptors (Lipinski definition) is 2. The SMILES string of the molecule is CCNC(CN1CCCCCC1=O)C(C)C. The van der Waals surface area contributed by atoms with Gasteiger partial charge in [0.25, 0.3) is 0 Å². The summed E-state index contributed by atoms with van der Waals surface area (Å²) >= 11 is 0. The Morgan fingerprint density at radius 3 is 2.69 bits per heavy atom. The Balaban J connectivity index is 2.50. The summed E-state index contributed by atoms with van der Waals surface area (Å²) in [4.78, 5) is 13.9.